The van der Waals surface area contributed by atoms with Crippen LogP contribution in [0.5, 0.6) is 0 Å². The average Bonchev–Trinajstić information content (AvgIpc) is 3.23. The summed E-state index contributed by atoms with van der Waals surface area (Å²) in [4.78, 5) is 13.0. The largest absolute Gasteiger partial charge is 0.394 e. The van der Waals surface area contributed by atoms with Crippen LogP contribution in [0.25, 0.3) is 0 Å². The Morgan fingerprint density at radius 1 is 0.508 bits per heavy atom. The molecule has 0 radical (unpaired) electrons. The first-order valence-corrected chi connectivity index (χ1v) is 25.7. The minimum Gasteiger partial charge on any atom is -0.394 e. The summed E-state index contributed by atoms with van der Waals surface area (Å²) >= 11 is 0. The van der Waals surface area contributed by atoms with E-state index in [1.807, 2.05) is 0 Å². The molecule has 1 heterocycles. The summed E-state index contributed by atoms with van der Waals surface area (Å²) in [6.45, 7) is 3.87. The van der Waals surface area contributed by atoms with Gasteiger partial charge in [-0.25, -0.2) is 0 Å². The molecule has 0 aliphatic carbocycles. The third-order valence-corrected chi connectivity index (χ3v) is 12.7. The van der Waals surface area contributed by atoms with E-state index in [0.717, 1.165) is 38.5 Å². The maximum absolute atomic E-state index is 13.0. The zero-order chi connectivity index (χ0) is 43.0. The molecule has 1 saturated heterocycles. The van der Waals surface area contributed by atoms with Gasteiger partial charge in [-0.2, -0.15) is 0 Å². The van der Waals surface area contributed by atoms with Crippen LogP contribution in [0, 0.1) is 0 Å². The van der Waals surface area contributed by atoms with E-state index in [2.05, 4.69) is 19.2 Å². The molecule has 0 saturated carbocycles. The lowest BCUT2D eigenvalue weighted by molar-refractivity contribution is -0.302. The SMILES string of the molecule is CCCCCCCCCCCCCCCCCCCCCCC(=O)N[C@@H](CO[C@H]1O[C@@H](CO)[C@H](O)C(O)C1O)[C@H](O)CCCCCCCCCCCCCCCCCC. The highest BCUT2D eigenvalue weighted by molar-refractivity contribution is 5.76. The summed E-state index contributed by atoms with van der Waals surface area (Å²) in [5.41, 5.74) is 0. The molecule has 59 heavy (non-hydrogen) atoms. The second-order valence-corrected chi connectivity index (χ2v) is 18.3. The molecule has 1 rings (SSSR count). The Labute approximate surface area is 364 Å². The first-order chi connectivity index (χ1) is 28.8. The fourth-order valence-electron chi connectivity index (χ4n) is 8.58. The predicted molar refractivity (Wildman–Crippen MR) is 244 cm³/mol. The number of rotatable bonds is 44. The highest BCUT2D eigenvalue weighted by Crippen LogP contribution is 2.23. The number of hydrogen-bond donors (Lipinski definition) is 6. The molecule has 2 unspecified atom stereocenters. The minimum absolute atomic E-state index is 0.131. The van der Waals surface area contributed by atoms with E-state index < -0.39 is 49.5 Å². The quantitative estimate of drug-likeness (QED) is 0.0332. The van der Waals surface area contributed by atoms with Gasteiger partial charge in [-0.15, -0.1) is 0 Å². The molecule has 9 heteroatoms. The zero-order valence-corrected chi connectivity index (χ0v) is 38.8. The second-order valence-electron chi connectivity index (χ2n) is 18.3. The molecular weight excluding hydrogens is 743 g/mol. The number of nitrogens with one attached hydrogen (secondary N) is 1. The van der Waals surface area contributed by atoms with Crippen LogP contribution in [-0.2, 0) is 14.3 Å². The van der Waals surface area contributed by atoms with Crippen molar-refractivity contribution in [2.75, 3.05) is 13.2 Å². The monoisotopic (exact) mass is 842 g/mol. The number of amides is 1. The van der Waals surface area contributed by atoms with Crippen LogP contribution in [0.3, 0.4) is 0 Å². The van der Waals surface area contributed by atoms with Crippen LogP contribution < -0.4 is 5.32 Å². The summed E-state index contributed by atoms with van der Waals surface area (Å²) < 4.78 is 11.3. The number of carbonyl (C=O) groups excluding carboxylic acids is 1. The molecule has 1 aliphatic rings. The van der Waals surface area contributed by atoms with Crippen LogP contribution >= 0.6 is 0 Å². The molecule has 1 fully saturated rings. The van der Waals surface area contributed by atoms with Crippen LogP contribution in [0.2, 0.25) is 0 Å². The van der Waals surface area contributed by atoms with E-state index in [0.29, 0.717) is 12.8 Å². The minimum atomic E-state index is -1.55. The van der Waals surface area contributed by atoms with Crippen LogP contribution in [-0.4, -0.2) is 87.5 Å². The number of aliphatic hydroxyl groups is 5. The van der Waals surface area contributed by atoms with Gasteiger partial charge in [0, 0.05) is 6.42 Å². The summed E-state index contributed by atoms with van der Waals surface area (Å²) in [5, 5.41) is 54.5. The van der Waals surface area contributed by atoms with Gasteiger partial charge in [0.25, 0.3) is 0 Å². The molecule has 0 aromatic heterocycles. The van der Waals surface area contributed by atoms with Crippen molar-refractivity contribution in [1.29, 1.82) is 0 Å². The Morgan fingerprint density at radius 3 is 1.20 bits per heavy atom. The van der Waals surface area contributed by atoms with Gasteiger partial charge in [0.05, 0.1) is 25.4 Å². The van der Waals surface area contributed by atoms with Crippen molar-refractivity contribution in [3.63, 3.8) is 0 Å². The molecule has 0 spiro atoms. The molecule has 6 N–H and O–H groups in total. The molecular formula is C50H99NO8. The van der Waals surface area contributed by atoms with Gasteiger partial charge in [0.1, 0.15) is 24.4 Å². The van der Waals surface area contributed by atoms with E-state index in [1.165, 1.54) is 193 Å². The molecule has 7 atom stereocenters. The maximum atomic E-state index is 13.0. The Kier molecular flexibility index (Phi) is 39.3. The molecule has 0 bridgehead atoms. The fraction of sp³-hybridized carbons (Fsp3) is 0.980. The van der Waals surface area contributed by atoms with Gasteiger partial charge in [-0.1, -0.05) is 239 Å². The summed E-state index contributed by atoms with van der Waals surface area (Å²) in [5.74, 6) is -0.138. The first kappa shape index (κ1) is 56.2. The molecule has 0 aromatic rings. The number of hydrogen-bond acceptors (Lipinski definition) is 8. The van der Waals surface area contributed by atoms with Crippen LogP contribution in [0.1, 0.15) is 258 Å². The van der Waals surface area contributed by atoms with Crippen LogP contribution in [0.15, 0.2) is 0 Å². The summed E-state index contributed by atoms with van der Waals surface area (Å²) in [6.07, 6.45) is 39.7. The maximum Gasteiger partial charge on any atom is 0.220 e. The van der Waals surface area contributed by atoms with Gasteiger partial charge in [-0.3, -0.25) is 4.79 Å². The summed E-state index contributed by atoms with van der Waals surface area (Å²) in [6, 6.07) is -0.712. The van der Waals surface area contributed by atoms with E-state index in [-0.39, 0.29) is 12.5 Å². The third-order valence-electron chi connectivity index (χ3n) is 12.7. The predicted octanol–water partition coefficient (Wildman–Crippen LogP) is 11.5. The van der Waals surface area contributed by atoms with E-state index in [1.54, 1.807) is 0 Å². The van der Waals surface area contributed by atoms with Crippen LogP contribution in [0.4, 0.5) is 0 Å². The number of unbranched alkanes of at least 4 members (excludes halogenated alkanes) is 34. The van der Waals surface area contributed by atoms with Gasteiger partial charge < -0.3 is 40.3 Å². The Hall–Kier alpha value is -0.810. The highest BCUT2D eigenvalue weighted by atomic mass is 16.7. The Morgan fingerprint density at radius 2 is 0.847 bits per heavy atom. The van der Waals surface area contributed by atoms with E-state index in [4.69, 9.17) is 9.47 Å². The van der Waals surface area contributed by atoms with Crippen molar-refractivity contribution < 1.29 is 39.8 Å². The van der Waals surface area contributed by atoms with Gasteiger partial charge in [0.15, 0.2) is 6.29 Å². The van der Waals surface area contributed by atoms with Crippen molar-refractivity contribution in [3.05, 3.63) is 0 Å². The Balaban J connectivity index is 2.25. The second kappa shape index (κ2) is 41.2. The number of ether oxygens (including phenoxy) is 2. The normalized spacial score (nSPS) is 20.6. The van der Waals surface area contributed by atoms with E-state index >= 15 is 0 Å². The van der Waals surface area contributed by atoms with E-state index in [9.17, 15) is 30.3 Å². The van der Waals surface area contributed by atoms with Crippen molar-refractivity contribution in [2.45, 2.75) is 301 Å². The summed E-state index contributed by atoms with van der Waals surface area (Å²) in [7, 11) is 0. The smallest absolute Gasteiger partial charge is 0.220 e. The standard InChI is InChI=1S/C50H99NO8/c1-3-5-7-9-11-13-15-17-19-21-22-23-24-26-28-30-32-34-36-38-40-46(54)51-43(42-58-50-49(57)48(56)47(55)45(41-52)59-50)44(53)39-37-35-33-31-29-27-25-20-18-16-14-12-10-8-6-4-2/h43-45,47-50,52-53,55-57H,3-42H2,1-2H3,(H,51,54)/t43-,44+,45-,47-,48?,49?,50-/m0/s1. The third kappa shape index (κ3) is 31.6. The fourth-order valence-corrected chi connectivity index (χ4v) is 8.58. The lowest BCUT2D eigenvalue weighted by Crippen LogP contribution is -2.60. The van der Waals surface area contributed by atoms with Crippen molar-refractivity contribution in [1.82, 2.24) is 5.32 Å². The molecule has 352 valence electrons. The number of aliphatic hydroxyl groups excluding tert-OH is 5. The number of carbonyl (C=O) groups is 1. The molecule has 1 aliphatic heterocycles. The van der Waals surface area contributed by atoms with Crippen molar-refractivity contribution >= 4 is 5.91 Å². The van der Waals surface area contributed by atoms with Gasteiger partial charge in [0.2, 0.25) is 5.91 Å². The van der Waals surface area contributed by atoms with Gasteiger partial charge in [-0.05, 0) is 12.8 Å². The molecule has 0 aromatic carbocycles. The molecule has 1 amide bonds. The molecule has 9 nitrogen and oxygen atoms in total. The highest BCUT2D eigenvalue weighted by Gasteiger charge is 2.44. The van der Waals surface area contributed by atoms with Crippen molar-refractivity contribution in [3.8, 4) is 0 Å². The van der Waals surface area contributed by atoms with Crippen molar-refractivity contribution in [2.24, 2.45) is 0 Å². The lowest BCUT2D eigenvalue weighted by Gasteiger charge is -2.40. The first-order valence-electron chi connectivity index (χ1n) is 25.7. The lowest BCUT2D eigenvalue weighted by atomic mass is 9.99. The topological polar surface area (TPSA) is 149 Å². The zero-order valence-electron chi connectivity index (χ0n) is 38.8. The van der Waals surface area contributed by atoms with Gasteiger partial charge >= 0.3 is 0 Å². The average molecular weight is 842 g/mol. The Bertz CT molecular complexity index is 893.